The van der Waals surface area contributed by atoms with Crippen LogP contribution in [0.1, 0.15) is 94.2 Å². The molecule has 0 saturated carbocycles. The normalized spacial score (nSPS) is 13.2. The van der Waals surface area contributed by atoms with Crippen molar-refractivity contribution in [3.63, 3.8) is 0 Å². The van der Waals surface area contributed by atoms with Crippen molar-refractivity contribution in [2.24, 2.45) is 0 Å². The highest BCUT2D eigenvalue weighted by atomic mass is 28.3. The lowest BCUT2D eigenvalue weighted by Gasteiger charge is -2.38. The van der Waals surface area contributed by atoms with Crippen LogP contribution < -0.4 is 0 Å². The van der Waals surface area contributed by atoms with Crippen LogP contribution in [0, 0.1) is 22.9 Å². The van der Waals surface area contributed by atoms with Crippen molar-refractivity contribution in [3.8, 4) is 22.9 Å². The fraction of sp³-hybridized carbons (Fsp3) is 0.409. The molecule has 0 heterocycles. The molecule has 46 heavy (non-hydrogen) atoms. The smallest absolute Gasteiger partial charge is 0.125 e. The number of hydrogen-bond donors (Lipinski definition) is 0. The molecular weight excluding hydrogens is 585 g/mol. The largest absolute Gasteiger partial charge is 0.146 e. The average Bonchev–Trinajstić information content (AvgIpc) is 2.99. The molecule has 0 aliphatic rings. The van der Waals surface area contributed by atoms with E-state index in [-0.39, 0.29) is 0 Å². The van der Waals surface area contributed by atoms with E-state index < -0.39 is 16.1 Å². The Morgan fingerprint density at radius 2 is 0.674 bits per heavy atom. The first-order valence-electron chi connectivity index (χ1n) is 17.7. The van der Waals surface area contributed by atoms with Crippen LogP contribution in [0.15, 0.2) is 60.7 Å². The molecule has 6 aromatic carbocycles. The molecule has 0 unspecified atom stereocenters. The molecule has 0 amide bonds. The van der Waals surface area contributed by atoms with Crippen molar-refractivity contribution in [3.05, 3.63) is 71.8 Å². The summed E-state index contributed by atoms with van der Waals surface area (Å²) in [5.41, 5.74) is 14.2. The van der Waals surface area contributed by atoms with Crippen LogP contribution in [0.25, 0.3) is 53.9 Å². The monoisotopic (exact) mass is 636 g/mol. The van der Waals surface area contributed by atoms with Gasteiger partial charge in [0, 0.05) is 11.1 Å². The number of rotatable bonds is 6. The maximum absolute atomic E-state index is 4.10. The quantitative estimate of drug-likeness (QED) is 0.0738. The molecule has 0 aromatic heterocycles. The second kappa shape index (κ2) is 11.7. The third kappa shape index (κ3) is 4.55. The summed E-state index contributed by atoms with van der Waals surface area (Å²) < 4.78 is 0. The van der Waals surface area contributed by atoms with Crippen LogP contribution in [0.3, 0.4) is 0 Å². The lowest BCUT2D eigenvalue weighted by Crippen LogP contribution is -2.43. The molecule has 6 aromatic rings. The van der Waals surface area contributed by atoms with Gasteiger partial charge >= 0.3 is 0 Å². The first-order chi connectivity index (χ1) is 21.8. The van der Waals surface area contributed by atoms with Gasteiger partial charge in [-0.05, 0) is 87.1 Å². The van der Waals surface area contributed by atoms with Crippen LogP contribution in [-0.2, 0) is 0 Å². The van der Waals surface area contributed by atoms with Gasteiger partial charge in [-0.3, -0.25) is 0 Å². The zero-order chi connectivity index (χ0) is 33.3. The molecule has 0 bridgehead atoms. The van der Waals surface area contributed by atoms with Crippen LogP contribution in [-0.4, -0.2) is 16.1 Å². The Balaban J connectivity index is 1.81. The molecule has 0 aliphatic heterocycles. The van der Waals surface area contributed by atoms with E-state index in [1.807, 2.05) is 0 Å². The first-order valence-corrected chi connectivity index (χ1v) is 22.2. The van der Waals surface area contributed by atoms with Crippen molar-refractivity contribution < 1.29 is 0 Å². The fourth-order valence-corrected chi connectivity index (χ4v) is 20.3. The van der Waals surface area contributed by atoms with Crippen molar-refractivity contribution in [1.82, 2.24) is 0 Å². The van der Waals surface area contributed by atoms with Crippen LogP contribution in [0.5, 0.6) is 0 Å². The Morgan fingerprint density at radius 1 is 0.370 bits per heavy atom. The molecule has 0 aliphatic carbocycles. The van der Waals surface area contributed by atoms with Gasteiger partial charge in [0.2, 0.25) is 0 Å². The highest BCUT2D eigenvalue weighted by Gasteiger charge is 2.43. The van der Waals surface area contributed by atoms with E-state index in [2.05, 4.69) is 167 Å². The van der Waals surface area contributed by atoms with E-state index in [4.69, 9.17) is 0 Å². The Hall–Kier alpha value is -3.31. The zero-order valence-corrected chi connectivity index (χ0v) is 32.2. The van der Waals surface area contributed by atoms with E-state index in [0.717, 1.165) is 0 Å². The van der Waals surface area contributed by atoms with Gasteiger partial charge in [0.15, 0.2) is 0 Å². The minimum atomic E-state index is -1.93. The summed E-state index contributed by atoms with van der Waals surface area (Å²) in [6.45, 7) is 28.9. The third-order valence-electron chi connectivity index (χ3n) is 12.0. The summed E-state index contributed by atoms with van der Waals surface area (Å²) in [6.07, 6.45) is 0. The Kier molecular flexibility index (Phi) is 8.33. The Labute approximate surface area is 280 Å². The summed E-state index contributed by atoms with van der Waals surface area (Å²) in [7, 11) is -3.86. The average molecular weight is 637 g/mol. The Morgan fingerprint density at radius 3 is 0.978 bits per heavy atom. The lowest BCUT2D eigenvalue weighted by molar-refractivity contribution is 0.838. The standard InChI is InChI=1S/C44H52Si2/c1-27(2)45(28(3)4,29(5)6)25-23-35-37-17-13-15-33-20-22-40-36(24-26-46(30(7)8,31(9)10)32(11)12)38-18-14-16-34-19-21-39(35)43(42(34)38)44(40)41(33)37/h13-22,27-32H,1-12H3. The lowest BCUT2D eigenvalue weighted by atomic mass is 9.82. The molecule has 0 fully saturated rings. The number of hydrogen-bond acceptors (Lipinski definition) is 0. The molecule has 236 valence electrons. The second-order valence-electron chi connectivity index (χ2n) is 15.8. The molecule has 0 saturated heterocycles. The van der Waals surface area contributed by atoms with Gasteiger partial charge in [-0.25, -0.2) is 0 Å². The van der Waals surface area contributed by atoms with Gasteiger partial charge in [0.05, 0.1) is 0 Å². The highest BCUT2D eigenvalue weighted by Crippen LogP contribution is 2.48. The molecule has 0 spiro atoms. The third-order valence-corrected chi connectivity index (χ3v) is 24.5. The van der Waals surface area contributed by atoms with Crippen LogP contribution in [0.4, 0.5) is 0 Å². The van der Waals surface area contributed by atoms with Gasteiger partial charge < -0.3 is 0 Å². The number of benzene rings is 6. The van der Waals surface area contributed by atoms with Crippen LogP contribution >= 0.6 is 0 Å². The van der Waals surface area contributed by atoms with Crippen molar-refractivity contribution in [2.75, 3.05) is 0 Å². The van der Waals surface area contributed by atoms with Gasteiger partial charge in [-0.2, -0.15) is 0 Å². The van der Waals surface area contributed by atoms with Crippen molar-refractivity contribution in [1.29, 1.82) is 0 Å². The van der Waals surface area contributed by atoms with Crippen molar-refractivity contribution in [2.45, 2.75) is 116 Å². The van der Waals surface area contributed by atoms with Crippen molar-refractivity contribution >= 4 is 70.0 Å². The molecule has 0 radical (unpaired) electrons. The van der Waals surface area contributed by atoms with E-state index in [0.29, 0.717) is 33.2 Å². The molecule has 6 rings (SSSR count). The highest BCUT2D eigenvalue weighted by molar-refractivity contribution is 6.91. The fourth-order valence-electron chi connectivity index (χ4n) is 9.88. The van der Waals surface area contributed by atoms with Gasteiger partial charge in [-0.15, -0.1) is 11.1 Å². The van der Waals surface area contributed by atoms with E-state index in [1.54, 1.807) is 0 Å². The zero-order valence-electron chi connectivity index (χ0n) is 30.2. The predicted molar refractivity (Wildman–Crippen MR) is 212 cm³/mol. The molecular formula is C44H52Si2. The maximum Gasteiger partial charge on any atom is 0.146 e. The second-order valence-corrected chi connectivity index (χ2v) is 27.0. The minimum absolute atomic E-state index is 0.592. The van der Waals surface area contributed by atoms with Gasteiger partial charge in [0.25, 0.3) is 0 Å². The summed E-state index contributed by atoms with van der Waals surface area (Å²) in [4.78, 5) is 0. The SMILES string of the molecule is CC(C)[Si](C#Cc1c2cccc3ccc4c(C#C[Si](C(C)C)(C(C)C)C(C)C)c5cccc6ccc1c(c65)c4c32)(C(C)C)C(C)C. The summed E-state index contributed by atoms with van der Waals surface area (Å²) >= 11 is 0. The van der Waals surface area contributed by atoms with Crippen LogP contribution in [0.2, 0.25) is 33.2 Å². The molecule has 0 atom stereocenters. The van der Waals surface area contributed by atoms with E-state index in [1.165, 1.54) is 65.0 Å². The van der Waals surface area contributed by atoms with E-state index >= 15 is 0 Å². The maximum atomic E-state index is 4.10. The summed E-state index contributed by atoms with van der Waals surface area (Å²) in [5, 5.41) is 13.2. The topological polar surface area (TPSA) is 0 Å². The first kappa shape index (κ1) is 32.6. The minimum Gasteiger partial charge on any atom is -0.125 e. The predicted octanol–water partition coefficient (Wildman–Crippen LogP) is 13.5. The van der Waals surface area contributed by atoms with E-state index in [9.17, 15) is 0 Å². The molecule has 2 heteroatoms. The summed E-state index contributed by atoms with van der Waals surface area (Å²) in [6, 6.07) is 23.0. The van der Waals surface area contributed by atoms with Gasteiger partial charge in [-0.1, -0.05) is 156 Å². The summed E-state index contributed by atoms with van der Waals surface area (Å²) in [5.74, 6) is 7.92. The molecule has 0 N–H and O–H groups in total. The Bertz CT molecular complexity index is 1980. The van der Waals surface area contributed by atoms with Gasteiger partial charge in [0.1, 0.15) is 16.1 Å². The molecule has 0 nitrogen and oxygen atoms in total.